The number of nitrogens with zero attached hydrogens (tertiary/aromatic N) is 4. The second-order valence-electron chi connectivity index (χ2n) is 7.80. The van der Waals surface area contributed by atoms with Crippen molar-refractivity contribution in [3.8, 4) is 0 Å². The first kappa shape index (κ1) is 19.6. The zero-order valence-electron chi connectivity index (χ0n) is 17.2. The van der Waals surface area contributed by atoms with E-state index in [1.807, 2.05) is 0 Å². The Balaban J connectivity index is 1.32. The summed E-state index contributed by atoms with van der Waals surface area (Å²) in [6.45, 7) is 9.30. The third-order valence-electron chi connectivity index (χ3n) is 5.91. The van der Waals surface area contributed by atoms with E-state index in [2.05, 4.69) is 57.1 Å². The summed E-state index contributed by atoms with van der Waals surface area (Å²) in [5.74, 6) is 0.626. The summed E-state index contributed by atoms with van der Waals surface area (Å²) in [7, 11) is 0. The van der Waals surface area contributed by atoms with Crippen LogP contribution in [-0.4, -0.2) is 61.3 Å². The van der Waals surface area contributed by atoms with Crippen LogP contribution >= 0.6 is 0 Å². The fourth-order valence-corrected chi connectivity index (χ4v) is 3.96. The maximum Gasteiger partial charge on any atom is 0.271 e. The van der Waals surface area contributed by atoms with Gasteiger partial charge in [0.25, 0.3) is 5.91 Å². The summed E-state index contributed by atoms with van der Waals surface area (Å²) in [4.78, 5) is 25.7. The minimum Gasteiger partial charge on any atom is -0.376 e. The van der Waals surface area contributed by atoms with Crippen molar-refractivity contribution in [2.75, 3.05) is 49.1 Å². The van der Waals surface area contributed by atoms with E-state index in [-0.39, 0.29) is 12.0 Å². The van der Waals surface area contributed by atoms with E-state index in [9.17, 15) is 4.79 Å². The van der Waals surface area contributed by atoms with Crippen molar-refractivity contribution in [2.24, 2.45) is 0 Å². The van der Waals surface area contributed by atoms with Gasteiger partial charge in [-0.15, -0.1) is 0 Å². The van der Waals surface area contributed by atoms with Crippen LogP contribution in [0.15, 0.2) is 30.6 Å². The molecule has 29 heavy (non-hydrogen) atoms. The minimum absolute atomic E-state index is 0.125. The average Bonchev–Trinajstić information content (AvgIpc) is 3.28. The third-order valence-corrected chi connectivity index (χ3v) is 5.91. The molecular weight excluding hydrogens is 366 g/mol. The Labute approximate surface area is 172 Å². The first-order valence-corrected chi connectivity index (χ1v) is 10.4. The van der Waals surface area contributed by atoms with Crippen LogP contribution in [0.25, 0.3) is 0 Å². The molecule has 0 spiro atoms. The molecule has 154 valence electrons. The molecule has 0 radical (unpaired) electrons. The van der Waals surface area contributed by atoms with Crippen molar-refractivity contribution >= 4 is 17.4 Å². The van der Waals surface area contributed by atoms with Gasteiger partial charge >= 0.3 is 0 Å². The standard InChI is InChI=1S/C22H29N5O2/c1-16-5-3-7-20(17(16)2)26-8-10-27(11-9-26)21-15-23-19(14-24-21)22(28)25-13-18-6-4-12-29-18/h3,5,7,14-15,18H,4,6,8-13H2,1-2H3,(H,25,28). The van der Waals surface area contributed by atoms with Crippen molar-refractivity contribution < 1.29 is 9.53 Å². The zero-order valence-corrected chi connectivity index (χ0v) is 17.2. The van der Waals surface area contributed by atoms with Gasteiger partial charge in [-0.05, 0) is 43.9 Å². The molecule has 7 nitrogen and oxygen atoms in total. The van der Waals surface area contributed by atoms with Gasteiger partial charge < -0.3 is 19.9 Å². The Kier molecular flexibility index (Phi) is 5.94. The fourth-order valence-electron chi connectivity index (χ4n) is 3.96. The number of piperazine rings is 1. The van der Waals surface area contributed by atoms with Crippen LogP contribution in [0.5, 0.6) is 0 Å². The van der Waals surface area contributed by atoms with Gasteiger partial charge in [0.05, 0.1) is 18.5 Å². The molecule has 1 aromatic carbocycles. The molecule has 2 aliphatic heterocycles. The molecule has 2 aromatic rings. The molecule has 1 aromatic heterocycles. The lowest BCUT2D eigenvalue weighted by molar-refractivity contribution is 0.0853. The van der Waals surface area contributed by atoms with Gasteiger partial charge in [0.1, 0.15) is 11.5 Å². The number of aromatic nitrogens is 2. The van der Waals surface area contributed by atoms with Gasteiger partial charge in [0.15, 0.2) is 0 Å². The highest BCUT2D eigenvalue weighted by Crippen LogP contribution is 2.24. The number of ether oxygens (including phenoxy) is 1. The summed E-state index contributed by atoms with van der Waals surface area (Å²) >= 11 is 0. The molecule has 1 N–H and O–H groups in total. The van der Waals surface area contributed by atoms with Crippen LogP contribution in [0.1, 0.15) is 34.5 Å². The van der Waals surface area contributed by atoms with Crippen LogP contribution < -0.4 is 15.1 Å². The van der Waals surface area contributed by atoms with Crippen molar-refractivity contribution in [1.29, 1.82) is 0 Å². The highest BCUT2D eigenvalue weighted by atomic mass is 16.5. The predicted molar refractivity (Wildman–Crippen MR) is 114 cm³/mol. The number of amides is 1. The van der Waals surface area contributed by atoms with Gasteiger partial charge in [-0.2, -0.15) is 0 Å². The Hall–Kier alpha value is -2.67. The SMILES string of the molecule is Cc1cccc(N2CCN(c3cnc(C(=O)NCC4CCCO4)cn3)CC2)c1C. The van der Waals surface area contributed by atoms with Gasteiger partial charge in [0, 0.05) is 45.0 Å². The molecule has 1 amide bonds. The Morgan fingerprint density at radius 3 is 2.62 bits per heavy atom. The van der Waals surface area contributed by atoms with E-state index >= 15 is 0 Å². The minimum atomic E-state index is -0.195. The summed E-state index contributed by atoms with van der Waals surface area (Å²) in [6.07, 6.45) is 5.45. The van der Waals surface area contributed by atoms with Crippen molar-refractivity contribution in [3.05, 3.63) is 47.4 Å². The zero-order chi connectivity index (χ0) is 20.2. The van der Waals surface area contributed by atoms with Gasteiger partial charge in [0.2, 0.25) is 0 Å². The summed E-state index contributed by atoms with van der Waals surface area (Å²) in [5, 5.41) is 2.89. The monoisotopic (exact) mass is 395 g/mol. The number of carbonyl (C=O) groups is 1. The van der Waals surface area contributed by atoms with E-state index in [0.29, 0.717) is 12.2 Å². The number of anilines is 2. The van der Waals surface area contributed by atoms with E-state index in [0.717, 1.165) is 51.4 Å². The second kappa shape index (κ2) is 8.78. The van der Waals surface area contributed by atoms with Crippen LogP contribution in [-0.2, 0) is 4.74 Å². The molecule has 2 fully saturated rings. The molecule has 0 aliphatic carbocycles. The first-order chi connectivity index (χ1) is 14.1. The summed E-state index contributed by atoms with van der Waals surface area (Å²) in [6, 6.07) is 6.48. The largest absolute Gasteiger partial charge is 0.376 e. The highest BCUT2D eigenvalue weighted by Gasteiger charge is 2.21. The molecule has 1 atom stereocenters. The summed E-state index contributed by atoms with van der Waals surface area (Å²) < 4.78 is 5.53. The number of rotatable bonds is 5. The Morgan fingerprint density at radius 1 is 1.14 bits per heavy atom. The lowest BCUT2D eigenvalue weighted by Crippen LogP contribution is -2.47. The summed E-state index contributed by atoms with van der Waals surface area (Å²) in [5.41, 5.74) is 4.33. The maximum absolute atomic E-state index is 12.3. The smallest absolute Gasteiger partial charge is 0.271 e. The molecule has 3 heterocycles. The van der Waals surface area contributed by atoms with Crippen LogP contribution in [0, 0.1) is 13.8 Å². The average molecular weight is 396 g/mol. The van der Waals surface area contributed by atoms with E-state index < -0.39 is 0 Å². The van der Waals surface area contributed by atoms with Crippen LogP contribution in [0.2, 0.25) is 0 Å². The van der Waals surface area contributed by atoms with Crippen molar-refractivity contribution in [3.63, 3.8) is 0 Å². The van der Waals surface area contributed by atoms with Gasteiger partial charge in [-0.3, -0.25) is 4.79 Å². The number of carbonyl (C=O) groups excluding carboxylic acids is 1. The third kappa shape index (κ3) is 4.50. The van der Waals surface area contributed by atoms with E-state index in [1.165, 1.54) is 16.8 Å². The molecule has 2 aliphatic rings. The lowest BCUT2D eigenvalue weighted by atomic mass is 10.1. The van der Waals surface area contributed by atoms with Gasteiger partial charge in [-0.25, -0.2) is 9.97 Å². The van der Waals surface area contributed by atoms with Crippen LogP contribution in [0.3, 0.4) is 0 Å². The van der Waals surface area contributed by atoms with Crippen LogP contribution in [0.4, 0.5) is 11.5 Å². The number of aryl methyl sites for hydroxylation is 1. The molecule has 0 saturated carbocycles. The first-order valence-electron chi connectivity index (χ1n) is 10.4. The predicted octanol–water partition coefficient (Wildman–Crippen LogP) is 2.33. The molecule has 2 saturated heterocycles. The fraction of sp³-hybridized carbons (Fsp3) is 0.500. The quantitative estimate of drug-likeness (QED) is 0.838. The normalized spacial score (nSPS) is 19.4. The number of hydrogen-bond donors (Lipinski definition) is 1. The van der Waals surface area contributed by atoms with E-state index in [1.54, 1.807) is 12.4 Å². The molecule has 4 rings (SSSR count). The maximum atomic E-state index is 12.3. The van der Waals surface area contributed by atoms with E-state index in [4.69, 9.17) is 4.74 Å². The molecule has 7 heteroatoms. The number of hydrogen-bond acceptors (Lipinski definition) is 6. The highest BCUT2D eigenvalue weighted by molar-refractivity contribution is 5.92. The molecule has 0 bridgehead atoms. The number of nitrogens with one attached hydrogen (secondary N) is 1. The second-order valence-corrected chi connectivity index (χ2v) is 7.80. The van der Waals surface area contributed by atoms with Crippen molar-refractivity contribution in [2.45, 2.75) is 32.8 Å². The molecule has 1 unspecified atom stereocenters. The Bertz CT molecular complexity index is 841. The Morgan fingerprint density at radius 2 is 1.93 bits per heavy atom. The molecular formula is C22H29N5O2. The number of benzene rings is 1. The van der Waals surface area contributed by atoms with Crippen molar-refractivity contribution in [1.82, 2.24) is 15.3 Å². The lowest BCUT2D eigenvalue weighted by Gasteiger charge is -2.37. The van der Waals surface area contributed by atoms with Gasteiger partial charge in [-0.1, -0.05) is 12.1 Å². The topological polar surface area (TPSA) is 70.6 Å².